The van der Waals surface area contributed by atoms with Crippen LogP contribution in [-0.4, -0.2) is 49.8 Å². The molecule has 20 heavy (non-hydrogen) atoms. The van der Waals surface area contributed by atoms with Crippen molar-refractivity contribution in [3.05, 3.63) is 0 Å². The van der Waals surface area contributed by atoms with Crippen LogP contribution in [0.3, 0.4) is 0 Å². The molecule has 3 nitrogen and oxygen atoms in total. The Balaban J connectivity index is 1.73. The van der Waals surface area contributed by atoms with Crippen LogP contribution in [0, 0.1) is 11.8 Å². The third-order valence-electron chi connectivity index (χ3n) is 4.92. The minimum Gasteiger partial charge on any atom is -0.379 e. The molecular formula is C17H34N2O. The number of hydrogen-bond acceptors (Lipinski definition) is 3. The van der Waals surface area contributed by atoms with Crippen molar-refractivity contribution in [2.45, 2.75) is 65.0 Å². The van der Waals surface area contributed by atoms with E-state index in [1.165, 1.54) is 32.1 Å². The minimum atomic E-state index is 0.677. The Morgan fingerprint density at radius 2 is 1.85 bits per heavy atom. The maximum absolute atomic E-state index is 5.49. The summed E-state index contributed by atoms with van der Waals surface area (Å²) in [5, 5.41) is 3.80. The van der Waals surface area contributed by atoms with E-state index in [2.05, 4.69) is 31.0 Å². The number of morpholine rings is 1. The van der Waals surface area contributed by atoms with E-state index in [1.807, 2.05) is 0 Å². The molecule has 1 saturated heterocycles. The van der Waals surface area contributed by atoms with Gasteiger partial charge in [0.1, 0.15) is 0 Å². The van der Waals surface area contributed by atoms with Crippen LogP contribution in [0.1, 0.15) is 52.9 Å². The van der Waals surface area contributed by atoms with Crippen LogP contribution < -0.4 is 5.32 Å². The number of nitrogens with one attached hydrogen (secondary N) is 1. The molecule has 1 N–H and O–H groups in total. The minimum absolute atomic E-state index is 0.677. The van der Waals surface area contributed by atoms with Crippen molar-refractivity contribution >= 4 is 0 Å². The molecular weight excluding hydrogens is 248 g/mol. The molecule has 2 aliphatic rings. The fraction of sp³-hybridized carbons (Fsp3) is 1.00. The largest absolute Gasteiger partial charge is 0.379 e. The summed E-state index contributed by atoms with van der Waals surface area (Å²) in [5.41, 5.74) is 0. The summed E-state index contributed by atoms with van der Waals surface area (Å²) < 4.78 is 5.49. The molecule has 0 aromatic heterocycles. The Bertz CT molecular complexity index is 260. The first-order valence-corrected chi connectivity index (χ1v) is 8.70. The third-order valence-corrected chi connectivity index (χ3v) is 4.92. The van der Waals surface area contributed by atoms with E-state index in [9.17, 15) is 0 Å². The zero-order chi connectivity index (χ0) is 14.4. The first-order chi connectivity index (χ1) is 9.65. The van der Waals surface area contributed by atoms with E-state index < -0.39 is 0 Å². The van der Waals surface area contributed by atoms with E-state index in [0.717, 1.165) is 44.7 Å². The molecule has 0 bridgehead atoms. The van der Waals surface area contributed by atoms with E-state index in [1.54, 1.807) is 0 Å². The van der Waals surface area contributed by atoms with Crippen molar-refractivity contribution < 1.29 is 4.74 Å². The SMILES string of the molecule is CC(C)CC(CNC(C)CC1CCC1)N1CCOCC1. The van der Waals surface area contributed by atoms with Crippen molar-refractivity contribution in [3.8, 4) is 0 Å². The first kappa shape index (κ1) is 16.3. The lowest BCUT2D eigenvalue weighted by atomic mass is 9.81. The van der Waals surface area contributed by atoms with Crippen molar-refractivity contribution in [1.29, 1.82) is 0 Å². The molecule has 0 amide bonds. The summed E-state index contributed by atoms with van der Waals surface area (Å²) in [4.78, 5) is 2.63. The van der Waals surface area contributed by atoms with Gasteiger partial charge in [0.2, 0.25) is 0 Å². The summed E-state index contributed by atoms with van der Waals surface area (Å²) in [6, 6.07) is 1.36. The summed E-state index contributed by atoms with van der Waals surface area (Å²) in [6.45, 7) is 12.2. The zero-order valence-electron chi connectivity index (χ0n) is 13.7. The molecule has 2 atom stereocenters. The Morgan fingerprint density at radius 1 is 1.15 bits per heavy atom. The Hall–Kier alpha value is -0.120. The van der Waals surface area contributed by atoms with Crippen molar-refractivity contribution in [2.75, 3.05) is 32.8 Å². The van der Waals surface area contributed by atoms with Gasteiger partial charge in [-0.3, -0.25) is 4.90 Å². The Labute approximate surface area is 125 Å². The summed E-state index contributed by atoms with van der Waals surface area (Å²) in [6.07, 6.45) is 7.05. The molecule has 2 rings (SSSR count). The lowest BCUT2D eigenvalue weighted by Crippen LogP contribution is -2.49. The van der Waals surface area contributed by atoms with Crippen LogP contribution >= 0.6 is 0 Å². The Morgan fingerprint density at radius 3 is 2.40 bits per heavy atom. The normalized spacial score (nSPS) is 24.6. The molecule has 118 valence electrons. The number of hydrogen-bond donors (Lipinski definition) is 1. The standard InChI is InChI=1S/C17H34N2O/c1-14(2)11-17(19-7-9-20-10-8-19)13-18-15(3)12-16-5-4-6-16/h14-18H,4-13H2,1-3H3. The molecule has 3 heteroatoms. The first-order valence-electron chi connectivity index (χ1n) is 8.70. The maximum Gasteiger partial charge on any atom is 0.0594 e. The summed E-state index contributed by atoms with van der Waals surface area (Å²) in [7, 11) is 0. The van der Waals surface area contributed by atoms with E-state index in [0.29, 0.717) is 12.1 Å². The summed E-state index contributed by atoms with van der Waals surface area (Å²) in [5.74, 6) is 1.77. The highest BCUT2D eigenvalue weighted by Gasteiger charge is 2.24. The molecule has 1 aliphatic heterocycles. The number of nitrogens with zero attached hydrogens (tertiary/aromatic N) is 1. The van der Waals surface area contributed by atoms with Gasteiger partial charge < -0.3 is 10.1 Å². The smallest absolute Gasteiger partial charge is 0.0594 e. The highest BCUT2D eigenvalue weighted by molar-refractivity contribution is 4.80. The van der Waals surface area contributed by atoms with E-state index in [-0.39, 0.29) is 0 Å². The second-order valence-electron chi connectivity index (χ2n) is 7.27. The van der Waals surface area contributed by atoms with Crippen LogP contribution in [0.5, 0.6) is 0 Å². The second kappa shape index (κ2) is 8.35. The quantitative estimate of drug-likeness (QED) is 0.741. The highest BCUT2D eigenvalue weighted by atomic mass is 16.5. The average molecular weight is 282 g/mol. The van der Waals surface area contributed by atoms with Crippen LogP contribution in [0.15, 0.2) is 0 Å². The monoisotopic (exact) mass is 282 g/mol. The van der Waals surface area contributed by atoms with Crippen LogP contribution in [0.4, 0.5) is 0 Å². The van der Waals surface area contributed by atoms with Gasteiger partial charge in [0.05, 0.1) is 13.2 Å². The van der Waals surface area contributed by atoms with Crippen molar-refractivity contribution in [2.24, 2.45) is 11.8 Å². The number of ether oxygens (including phenoxy) is 1. The molecule has 1 heterocycles. The van der Waals surface area contributed by atoms with Gasteiger partial charge in [0.25, 0.3) is 0 Å². The zero-order valence-corrected chi connectivity index (χ0v) is 13.7. The van der Waals surface area contributed by atoms with Crippen molar-refractivity contribution in [1.82, 2.24) is 10.2 Å². The second-order valence-corrected chi connectivity index (χ2v) is 7.27. The van der Waals surface area contributed by atoms with Gasteiger partial charge in [-0.2, -0.15) is 0 Å². The molecule has 0 aromatic rings. The van der Waals surface area contributed by atoms with Gasteiger partial charge in [-0.1, -0.05) is 33.1 Å². The molecule has 0 aromatic carbocycles. The van der Waals surface area contributed by atoms with Gasteiger partial charge in [0, 0.05) is 31.7 Å². The average Bonchev–Trinajstić information content (AvgIpc) is 2.39. The van der Waals surface area contributed by atoms with Gasteiger partial charge in [-0.05, 0) is 31.6 Å². The van der Waals surface area contributed by atoms with Crippen LogP contribution in [-0.2, 0) is 4.74 Å². The predicted octanol–water partition coefficient (Wildman–Crippen LogP) is 2.90. The maximum atomic E-state index is 5.49. The lowest BCUT2D eigenvalue weighted by Gasteiger charge is -2.37. The molecule has 0 radical (unpaired) electrons. The van der Waals surface area contributed by atoms with E-state index in [4.69, 9.17) is 4.74 Å². The highest BCUT2D eigenvalue weighted by Crippen LogP contribution is 2.30. The van der Waals surface area contributed by atoms with Gasteiger partial charge in [0.15, 0.2) is 0 Å². The fourth-order valence-electron chi connectivity index (χ4n) is 3.50. The van der Waals surface area contributed by atoms with Gasteiger partial charge >= 0.3 is 0 Å². The molecule has 1 aliphatic carbocycles. The third kappa shape index (κ3) is 5.34. The molecule has 2 fully saturated rings. The molecule has 1 saturated carbocycles. The lowest BCUT2D eigenvalue weighted by molar-refractivity contribution is 0.0117. The van der Waals surface area contributed by atoms with Gasteiger partial charge in [-0.15, -0.1) is 0 Å². The van der Waals surface area contributed by atoms with Crippen LogP contribution in [0.25, 0.3) is 0 Å². The Kier molecular flexibility index (Phi) is 6.79. The topological polar surface area (TPSA) is 24.5 Å². The van der Waals surface area contributed by atoms with E-state index >= 15 is 0 Å². The van der Waals surface area contributed by atoms with Gasteiger partial charge in [-0.25, -0.2) is 0 Å². The summed E-state index contributed by atoms with van der Waals surface area (Å²) >= 11 is 0. The predicted molar refractivity (Wildman–Crippen MR) is 85.1 cm³/mol. The molecule has 2 unspecified atom stereocenters. The molecule has 0 spiro atoms. The van der Waals surface area contributed by atoms with Crippen molar-refractivity contribution in [3.63, 3.8) is 0 Å². The van der Waals surface area contributed by atoms with Crippen LogP contribution in [0.2, 0.25) is 0 Å². The number of rotatable bonds is 8. The fourth-order valence-corrected chi connectivity index (χ4v) is 3.50.